The summed E-state index contributed by atoms with van der Waals surface area (Å²) < 4.78 is 0. The quantitative estimate of drug-likeness (QED) is 0.539. The second kappa shape index (κ2) is 5.54. The molecule has 3 aliphatic carbocycles. The van der Waals surface area contributed by atoms with Gasteiger partial charge in [-0.05, 0) is 47.6 Å². The minimum atomic E-state index is 0.902. The first-order valence-electron chi connectivity index (χ1n) is 9.04. The molecule has 0 N–H and O–H groups in total. The van der Waals surface area contributed by atoms with Crippen LogP contribution in [0.3, 0.4) is 0 Å². The second-order valence-electron chi connectivity index (χ2n) is 7.46. The predicted octanol–water partition coefficient (Wildman–Crippen LogP) is 6.03. The summed E-state index contributed by atoms with van der Waals surface area (Å²) in [4.78, 5) is 0. The van der Waals surface area contributed by atoms with Crippen molar-refractivity contribution < 1.29 is 0 Å². The van der Waals surface area contributed by atoms with Gasteiger partial charge >= 0.3 is 0 Å². The molecule has 0 aromatic heterocycles. The number of benzene rings is 1. The highest BCUT2D eigenvalue weighted by Crippen LogP contribution is 2.56. The van der Waals surface area contributed by atoms with Gasteiger partial charge in [0.2, 0.25) is 0 Å². The van der Waals surface area contributed by atoms with Crippen molar-refractivity contribution in [2.45, 2.75) is 76.0 Å². The van der Waals surface area contributed by atoms with Crippen LogP contribution in [0.4, 0.5) is 0 Å². The summed E-state index contributed by atoms with van der Waals surface area (Å²) in [6, 6.07) is 9.49. The lowest BCUT2D eigenvalue weighted by Gasteiger charge is -2.37. The average Bonchev–Trinajstić information content (AvgIpc) is 2.72. The zero-order valence-corrected chi connectivity index (χ0v) is 12.7. The van der Waals surface area contributed by atoms with Gasteiger partial charge in [0.15, 0.2) is 0 Å². The largest absolute Gasteiger partial charge is 0.0620 e. The molecule has 108 valence electrons. The molecule has 2 atom stereocenters. The van der Waals surface area contributed by atoms with Crippen molar-refractivity contribution in [1.82, 2.24) is 0 Å². The topological polar surface area (TPSA) is 0 Å². The molecule has 2 saturated carbocycles. The molecule has 2 fully saturated rings. The second-order valence-corrected chi connectivity index (χ2v) is 7.46. The van der Waals surface area contributed by atoms with Crippen molar-refractivity contribution in [2.75, 3.05) is 0 Å². The fraction of sp³-hybridized carbons (Fsp3) is 0.700. The molecular weight excluding hydrogens is 240 g/mol. The Morgan fingerprint density at radius 1 is 0.600 bits per heavy atom. The Morgan fingerprint density at radius 3 is 1.65 bits per heavy atom. The van der Waals surface area contributed by atoms with Gasteiger partial charge in [0.05, 0.1) is 0 Å². The third-order valence-electron chi connectivity index (χ3n) is 6.45. The minimum Gasteiger partial charge on any atom is -0.0620 e. The average molecular weight is 268 g/mol. The van der Waals surface area contributed by atoms with E-state index in [9.17, 15) is 0 Å². The highest BCUT2D eigenvalue weighted by Gasteiger charge is 2.44. The van der Waals surface area contributed by atoms with Gasteiger partial charge < -0.3 is 0 Å². The van der Waals surface area contributed by atoms with E-state index < -0.39 is 0 Å². The smallest absolute Gasteiger partial charge is 0.0122 e. The van der Waals surface area contributed by atoms with Crippen molar-refractivity contribution in [3.63, 3.8) is 0 Å². The van der Waals surface area contributed by atoms with Gasteiger partial charge in [-0.25, -0.2) is 0 Å². The lowest BCUT2D eigenvalue weighted by Crippen LogP contribution is -2.25. The summed E-state index contributed by atoms with van der Waals surface area (Å²) in [5.74, 6) is 3.82. The first kappa shape index (κ1) is 12.9. The molecule has 1 aromatic rings. The molecule has 0 radical (unpaired) electrons. The maximum atomic E-state index is 2.46. The zero-order valence-electron chi connectivity index (χ0n) is 12.7. The Kier molecular flexibility index (Phi) is 3.58. The minimum absolute atomic E-state index is 0.902. The van der Waals surface area contributed by atoms with Gasteiger partial charge in [0.25, 0.3) is 0 Å². The zero-order chi connectivity index (χ0) is 13.4. The molecule has 0 spiro atoms. The number of hydrogen-bond acceptors (Lipinski definition) is 0. The number of rotatable bonds is 0. The number of hydrogen-bond donors (Lipinski definition) is 0. The fourth-order valence-electron chi connectivity index (χ4n) is 5.66. The van der Waals surface area contributed by atoms with Crippen LogP contribution in [-0.4, -0.2) is 0 Å². The van der Waals surface area contributed by atoms with Crippen LogP contribution in [0, 0.1) is 11.8 Å². The Bertz CT molecular complexity index is 420. The molecule has 0 nitrogen and oxygen atoms in total. The summed E-state index contributed by atoms with van der Waals surface area (Å²) in [5, 5.41) is 0. The van der Waals surface area contributed by atoms with E-state index in [-0.39, 0.29) is 0 Å². The summed E-state index contributed by atoms with van der Waals surface area (Å²) in [6.07, 6.45) is 14.9. The Labute approximate surface area is 124 Å². The van der Waals surface area contributed by atoms with Crippen molar-refractivity contribution in [3.05, 3.63) is 35.4 Å². The molecule has 3 aliphatic rings. The first-order valence-corrected chi connectivity index (χ1v) is 9.04. The van der Waals surface area contributed by atoms with Crippen molar-refractivity contribution in [2.24, 2.45) is 11.8 Å². The molecular formula is C20H28. The van der Waals surface area contributed by atoms with E-state index >= 15 is 0 Å². The first-order chi connectivity index (χ1) is 9.95. The monoisotopic (exact) mass is 268 g/mol. The van der Waals surface area contributed by atoms with E-state index in [2.05, 4.69) is 24.3 Å². The maximum absolute atomic E-state index is 2.46. The maximum Gasteiger partial charge on any atom is -0.0122 e. The van der Waals surface area contributed by atoms with E-state index in [4.69, 9.17) is 0 Å². The van der Waals surface area contributed by atoms with Gasteiger partial charge in [0.1, 0.15) is 0 Å². The third kappa shape index (κ3) is 2.12. The lowest BCUT2D eigenvalue weighted by atomic mass is 9.68. The van der Waals surface area contributed by atoms with Gasteiger partial charge in [-0.2, -0.15) is 0 Å². The molecule has 4 rings (SSSR count). The lowest BCUT2D eigenvalue weighted by molar-refractivity contribution is 0.179. The molecule has 0 heteroatoms. The number of fused-ring (bicyclic) bond motifs is 3. The molecule has 0 heterocycles. The standard InChI is InChI=1S/C20H28/c1-3-9-15-10-4-2-6-14-19-17-12-8-7-11-16(17)18(13-5-1)20(15)19/h7-8,11-12,15,18-20H,1-6,9-10,13-14H2. The van der Waals surface area contributed by atoms with Gasteiger partial charge in [-0.1, -0.05) is 75.6 Å². The van der Waals surface area contributed by atoms with Crippen molar-refractivity contribution in [3.8, 4) is 0 Å². The van der Waals surface area contributed by atoms with Gasteiger partial charge in [0, 0.05) is 0 Å². The SMILES string of the molecule is c1ccc2c(c1)C1CCCCCC3CCCCCC2C31. The van der Waals surface area contributed by atoms with Crippen LogP contribution in [0.2, 0.25) is 0 Å². The Morgan fingerprint density at radius 2 is 1.10 bits per heavy atom. The van der Waals surface area contributed by atoms with Crippen LogP contribution in [-0.2, 0) is 0 Å². The van der Waals surface area contributed by atoms with Crippen LogP contribution in [0.25, 0.3) is 0 Å². The van der Waals surface area contributed by atoms with E-state index in [0.29, 0.717) is 0 Å². The van der Waals surface area contributed by atoms with Crippen LogP contribution < -0.4 is 0 Å². The van der Waals surface area contributed by atoms with Crippen LogP contribution in [0.5, 0.6) is 0 Å². The highest BCUT2D eigenvalue weighted by atomic mass is 14.5. The predicted molar refractivity (Wildman–Crippen MR) is 85.1 cm³/mol. The summed E-state index contributed by atoms with van der Waals surface area (Å²) in [7, 11) is 0. The highest BCUT2D eigenvalue weighted by molar-refractivity contribution is 5.40. The molecule has 0 aliphatic heterocycles. The molecule has 0 amide bonds. The normalized spacial score (nSPS) is 37.0. The molecule has 2 unspecified atom stereocenters. The summed E-state index contributed by atoms with van der Waals surface area (Å²) in [6.45, 7) is 0. The molecule has 1 aromatic carbocycles. The van der Waals surface area contributed by atoms with Crippen molar-refractivity contribution >= 4 is 0 Å². The summed E-state index contributed by atoms with van der Waals surface area (Å²) in [5.41, 5.74) is 3.49. The van der Waals surface area contributed by atoms with E-state index in [1.165, 1.54) is 64.2 Å². The molecule has 0 saturated heterocycles. The van der Waals surface area contributed by atoms with E-state index in [0.717, 1.165) is 23.7 Å². The Balaban J connectivity index is 1.76. The van der Waals surface area contributed by atoms with Crippen LogP contribution in [0.15, 0.2) is 24.3 Å². The van der Waals surface area contributed by atoms with Crippen LogP contribution in [0.1, 0.15) is 87.2 Å². The third-order valence-corrected chi connectivity index (χ3v) is 6.45. The molecule has 20 heavy (non-hydrogen) atoms. The van der Waals surface area contributed by atoms with Gasteiger partial charge in [-0.15, -0.1) is 0 Å². The van der Waals surface area contributed by atoms with E-state index in [1.54, 1.807) is 11.1 Å². The summed E-state index contributed by atoms with van der Waals surface area (Å²) >= 11 is 0. The Hall–Kier alpha value is -0.780. The van der Waals surface area contributed by atoms with Crippen LogP contribution >= 0.6 is 0 Å². The molecule has 0 bridgehead atoms. The van der Waals surface area contributed by atoms with Gasteiger partial charge in [-0.3, -0.25) is 0 Å². The fourth-order valence-corrected chi connectivity index (χ4v) is 5.66. The van der Waals surface area contributed by atoms with Crippen molar-refractivity contribution in [1.29, 1.82) is 0 Å². The van der Waals surface area contributed by atoms with E-state index in [1.807, 2.05) is 0 Å².